The van der Waals surface area contributed by atoms with Gasteiger partial charge in [0.15, 0.2) is 0 Å². The van der Waals surface area contributed by atoms with Crippen molar-refractivity contribution in [3.05, 3.63) is 12.2 Å². The lowest BCUT2D eigenvalue weighted by Gasteiger charge is -2.23. The Bertz CT molecular complexity index is 448. The number of amides is 2. The van der Waals surface area contributed by atoms with Crippen molar-refractivity contribution < 1.29 is 24.2 Å². The van der Waals surface area contributed by atoms with Crippen LogP contribution in [-0.4, -0.2) is 42.6 Å². The molecule has 0 saturated heterocycles. The molecule has 2 amide bonds. The molecule has 4 N–H and O–H groups in total. The van der Waals surface area contributed by atoms with E-state index in [2.05, 4.69) is 5.32 Å². The fourth-order valence-electron chi connectivity index (χ4n) is 3.05. The van der Waals surface area contributed by atoms with Crippen LogP contribution < -0.4 is 11.1 Å². The molecule has 0 aromatic rings. The lowest BCUT2D eigenvalue weighted by atomic mass is 9.82. The Labute approximate surface area is 116 Å². The maximum Gasteiger partial charge on any atom is 0.307 e. The number of fused-ring (bicyclic) bond motifs is 2. The number of hydrogen-bond donors (Lipinski definition) is 3. The zero-order valence-corrected chi connectivity index (χ0v) is 11.0. The molecule has 2 aliphatic carbocycles. The van der Waals surface area contributed by atoms with E-state index in [0.29, 0.717) is 0 Å². The molecule has 1 fully saturated rings. The molecule has 4 atom stereocenters. The minimum Gasteiger partial charge on any atom is -0.481 e. The van der Waals surface area contributed by atoms with Crippen LogP contribution in [0, 0.1) is 23.7 Å². The van der Waals surface area contributed by atoms with E-state index in [4.69, 9.17) is 10.5 Å². The standard InChI is InChI=1S/C13H18N2O5/c14-9(16)6-20-4-3-15-12(17)10-7-1-2-8(5-7)11(10)13(18)19/h1-2,7-8,10-11H,3-6H2,(H2,14,16)(H,15,17)(H,18,19)/t7?,8?,10-,11+/m0/s1. The highest BCUT2D eigenvalue weighted by molar-refractivity contribution is 5.86. The van der Waals surface area contributed by atoms with Crippen LogP contribution in [0.5, 0.6) is 0 Å². The maximum absolute atomic E-state index is 12.1. The Morgan fingerprint density at radius 3 is 2.50 bits per heavy atom. The summed E-state index contributed by atoms with van der Waals surface area (Å²) in [5.74, 6) is -2.95. The molecule has 7 heteroatoms. The summed E-state index contributed by atoms with van der Waals surface area (Å²) in [4.78, 5) is 33.8. The van der Waals surface area contributed by atoms with Gasteiger partial charge in [0.05, 0.1) is 18.4 Å². The quantitative estimate of drug-likeness (QED) is 0.414. The SMILES string of the molecule is NC(=O)COCCNC(=O)[C@H]1C2C=CC(C2)[C@H]1C(=O)O. The molecule has 2 aliphatic rings. The van der Waals surface area contributed by atoms with Crippen molar-refractivity contribution in [2.75, 3.05) is 19.8 Å². The number of aliphatic carboxylic acids is 1. The first-order chi connectivity index (χ1) is 9.50. The number of primary amides is 1. The van der Waals surface area contributed by atoms with Gasteiger partial charge in [0.2, 0.25) is 11.8 Å². The van der Waals surface area contributed by atoms with Gasteiger partial charge >= 0.3 is 5.97 Å². The summed E-state index contributed by atoms with van der Waals surface area (Å²) < 4.78 is 4.92. The van der Waals surface area contributed by atoms with E-state index in [0.717, 1.165) is 6.42 Å². The first-order valence-corrected chi connectivity index (χ1v) is 6.55. The average molecular weight is 282 g/mol. The second kappa shape index (κ2) is 6.04. The van der Waals surface area contributed by atoms with Crippen molar-refractivity contribution in [2.24, 2.45) is 29.4 Å². The summed E-state index contributed by atoms with van der Waals surface area (Å²) in [6.07, 6.45) is 4.55. The zero-order valence-electron chi connectivity index (χ0n) is 11.0. The van der Waals surface area contributed by atoms with Crippen molar-refractivity contribution in [1.82, 2.24) is 5.32 Å². The van der Waals surface area contributed by atoms with E-state index in [-0.39, 0.29) is 37.5 Å². The van der Waals surface area contributed by atoms with E-state index in [1.165, 1.54) is 0 Å². The van der Waals surface area contributed by atoms with Gasteiger partial charge in [-0.2, -0.15) is 0 Å². The predicted molar refractivity (Wildman–Crippen MR) is 68.4 cm³/mol. The summed E-state index contributed by atoms with van der Waals surface area (Å²) in [6, 6.07) is 0. The monoisotopic (exact) mass is 282 g/mol. The third-order valence-electron chi connectivity index (χ3n) is 3.84. The molecule has 7 nitrogen and oxygen atoms in total. The highest BCUT2D eigenvalue weighted by atomic mass is 16.5. The van der Waals surface area contributed by atoms with Crippen LogP contribution >= 0.6 is 0 Å². The number of nitrogens with one attached hydrogen (secondary N) is 1. The molecule has 2 rings (SSSR count). The van der Waals surface area contributed by atoms with E-state index in [1.54, 1.807) is 0 Å². The summed E-state index contributed by atoms with van der Waals surface area (Å²) in [7, 11) is 0. The lowest BCUT2D eigenvalue weighted by molar-refractivity contribution is -0.147. The number of carboxylic acids is 1. The molecule has 110 valence electrons. The van der Waals surface area contributed by atoms with Crippen LogP contribution in [0.1, 0.15) is 6.42 Å². The van der Waals surface area contributed by atoms with Gasteiger partial charge in [0, 0.05) is 6.54 Å². The van der Waals surface area contributed by atoms with Gasteiger partial charge in [0.25, 0.3) is 0 Å². The van der Waals surface area contributed by atoms with Crippen LogP contribution in [0.4, 0.5) is 0 Å². The molecule has 2 bridgehead atoms. The summed E-state index contributed by atoms with van der Waals surface area (Å²) in [6.45, 7) is 0.212. The summed E-state index contributed by atoms with van der Waals surface area (Å²) in [5, 5.41) is 11.9. The van der Waals surface area contributed by atoms with Crippen LogP contribution in [-0.2, 0) is 19.1 Å². The number of nitrogens with two attached hydrogens (primary N) is 1. The van der Waals surface area contributed by atoms with Gasteiger partial charge in [0.1, 0.15) is 6.61 Å². The fraction of sp³-hybridized carbons (Fsp3) is 0.615. The molecule has 0 aromatic carbocycles. The minimum absolute atomic E-state index is 0.00707. The van der Waals surface area contributed by atoms with Gasteiger partial charge in [-0.15, -0.1) is 0 Å². The van der Waals surface area contributed by atoms with Gasteiger partial charge in [-0.3, -0.25) is 14.4 Å². The first kappa shape index (κ1) is 14.5. The molecular weight excluding hydrogens is 264 g/mol. The lowest BCUT2D eigenvalue weighted by Crippen LogP contribution is -2.41. The van der Waals surface area contributed by atoms with Crippen molar-refractivity contribution in [3.8, 4) is 0 Å². The van der Waals surface area contributed by atoms with Gasteiger partial charge in [-0.05, 0) is 18.3 Å². The topological polar surface area (TPSA) is 119 Å². The summed E-state index contributed by atoms with van der Waals surface area (Å²) in [5.41, 5.74) is 4.90. The summed E-state index contributed by atoms with van der Waals surface area (Å²) >= 11 is 0. The highest BCUT2D eigenvalue weighted by Gasteiger charge is 2.51. The van der Waals surface area contributed by atoms with E-state index >= 15 is 0 Å². The average Bonchev–Trinajstić information content (AvgIpc) is 2.97. The van der Waals surface area contributed by atoms with Crippen LogP contribution in [0.25, 0.3) is 0 Å². The van der Waals surface area contributed by atoms with E-state index in [9.17, 15) is 19.5 Å². The Morgan fingerprint density at radius 1 is 1.25 bits per heavy atom. The van der Waals surface area contributed by atoms with Crippen LogP contribution in [0.15, 0.2) is 12.2 Å². The largest absolute Gasteiger partial charge is 0.481 e. The number of ether oxygens (including phenoxy) is 1. The predicted octanol–water partition coefficient (Wildman–Crippen LogP) is -0.873. The van der Waals surface area contributed by atoms with E-state index in [1.807, 2.05) is 12.2 Å². The molecule has 2 unspecified atom stereocenters. The number of carbonyl (C=O) groups is 3. The van der Waals surface area contributed by atoms with Gasteiger partial charge < -0.3 is 20.9 Å². The molecule has 1 saturated carbocycles. The van der Waals surface area contributed by atoms with Crippen molar-refractivity contribution in [1.29, 1.82) is 0 Å². The number of rotatable bonds is 7. The van der Waals surface area contributed by atoms with E-state index < -0.39 is 23.7 Å². The van der Waals surface area contributed by atoms with Gasteiger partial charge in [-0.1, -0.05) is 12.2 Å². The third-order valence-corrected chi connectivity index (χ3v) is 3.84. The fourth-order valence-corrected chi connectivity index (χ4v) is 3.05. The highest BCUT2D eigenvalue weighted by Crippen LogP contribution is 2.48. The second-order valence-electron chi connectivity index (χ2n) is 5.15. The normalized spacial score (nSPS) is 30.4. The first-order valence-electron chi connectivity index (χ1n) is 6.55. The zero-order chi connectivity index (χ0) is 14.7. The Hall–Kier alpha value is -1.89. The molecule has 0 radical (unpaired) electrons. The number of allylic oxidation sites excluding steroid dienone is 2. The molecule has 0 spiro atoms. The number of hydrogen-bond acceptors (Lipinski definition) is 4. The molecule has 0 aliphatic heterocycles. The van der Waals surface area contributed by atoms with Crippen LogP contribution in [0.3, 0.4) is 0 Å². The molecule has 0 heterocycles. The molecule has 20 heavy (non-hydrogen) atoms. The number of carbonyl (C=O) groups excluding carboxylic acids is 2. The van der Waals surface area contributed by atoms with Crippen molar-refractivity contribution in [3.63, 3.8) is 0 Å². The number of carboxylic acid groups (broad SMARTS) is 1. The smallest absolute Gasteiger partial charge is 0.307 e. The minimum atomic E-state index is -0.924. The van der Waals surface area contributed by atoms with Crippen molar-refractivity contribution in [2.45, 2.75) is 6.42 Å². The maximum atomic E-state index is 12.1. The Balaban J connectivity index is 1.81. The Kier molecular flexibility index (Phi) is 4.39. The Morgan fingerprint density at radius 2 is 1.90 bits per heavy atom. The molecular formula is C13H18N2O5. The second-order valence-corrected chi connectivity index (χ2v) is 5.15. The third kappa shape index (κ3) is 2.98. The van der Waals surface area contributed by atoms with Crippen LogP contribution in [0.2, 0.25) is 0 Å². The van der Waals surface area contributed by atoms with Crippen molar-refractivity contribution >= 4 is 17.8 Å². The van der Waals surface area contributed by atoms with Gasteiger partial charge in [-0.25, -0.2) is 0 Å². The molecule has 0 aromatic heterocycles.